The van der Waals surface area contributed by atoms with Gasteiger partial charge in [0.25, 0.3) is 5.91 Å². The van der Waals surface area contributed by atoms with E-state index in [-0.39, 0.29) is 32.5 Å². The van der Waals surface area contributed by atoms with Gasteiger partial charge in [0, 0.05) is 49.7 Å². The van der Waals surface area contributed by atoms with Gasteiger partial charge in [0.2, 0.25) is 5.91 Å². The molecule has 8 heteroatoms. The van der Waals surface area contributed by atoms with E-state index in [9.17, 15) is 14.7 Å². The quantitative estimate of drug-likeness (QED) is 0.263. The summed E-state index contributed by atoms with van der Waals surface area (Å²) in [4.78, 5) is 30.7. The van der Waals surface area contributed by atoms with Crippen LogP contribution in [0.3, 0.4) is 0 Å². The number of methoxy groups -OCH3 is 1. The number of rotatable bonds is 12. The molecule has 0 fully saturated rings. The highest BCUT2D eigenvalue weighted by atomic mass is 16.5. The van der Waals surface area contributed by atoms with Crippen LogP contribution in [0, 0.1) is 0 Å². The maximum atomic E-state index is 13.0. The summed E-state index contributed by atoms with van der Waals surface area (Å²) in [5.41, 5.74) is 3.54. The number of nitrogens with zero attached hydrogens (tertiary/aromatic N) is 1. The van der Waals surface area contributed by atoms with Crippen molar-refractivity contribution in [1.82, 2.24) is 15.2 Å². The van der Waals surface area contributed by atoms with Gasteiger partial charge in [-0.2, -0.15) is 0 Å². The monoisotopic (exact) mass is 517 g/mol. The molecule has 1 atom stereocenters. The lowest BCUT2D eigenvalue weighted by Gasteiger charge is -2.28. The van der Waals surface area contributed by atoms with Crippen molar-refractivity contribution in [2.24, 2.45) is 0 Å². The molecular weight excluding hydrogens is 482 g/mol. The Kier molecular flexibility index (Phi) is 9.00. The van der Waals surface area contributed by atoms with E-state index >= 15 is 0 Å². The molecule has 4 rings (SSSR count). The first-order valence-electron chi connectivity index (χ1n) is 12.5. The number of hydrogen-bond donors (Lipinski definition) is 3. The summed E-state index contributed by atoms with van der Waals surface area (Å²) in [6.07, 6.45) is 2.45. The van der Waals surface area contributed by atoms with Gasteiger partial charge in [0.05, 0.1) is 19.8 Å². The lowest BCUT2D eigenvalue weighted by atomic mass is 10.0. The maximum Gasteiger partial charge on any atom is 0.258 e. The molecule has 4 aromatic rings. The number of para-hydroxylation sites is 3. The number of carbonyl (C=O) groups is 2. The van der Waals surface area contributed by atoms with Gasteiger partial charge in [0.15, 0.2) is 6.61 Å². The first-order valence-corrected chi connectivity index (χ1v) is 12.5. The van der Waals surface area contributed by atoms with Crippen molar-refractivity contribution in [2.75, 3.05) is 20.3 Å². The van der Waals surface area contributed by atoms with Crippen LogP contribution in [0.1, 0.15) is 25.0 Å². The molecule has 200 valence electrons. The second-order valence-corrected chi connectivity index (χ2v) is 9.09. The molecule has 0 saturated heterocycles. The van der Waals surface area contributed by atoms with Crippen molar-refractivity contribution in [1.29, 1.82) is 0 Å². The number of fused-ring (bicyclic) bond motifs is 1. The summed E-state index contributed by atoms with van der Waals surface area (Å²) in [6, 6.07) is 22.2. The third kappa shape index (κ3) is 6.72. The predicted octanol–water partition coefficient (Wildman–Crippen LogP) is 4.07. The molecule has 2 amide bonds. The highest BCUT2D eigenvalue weighted by Crippen LogP contribution is 2.22. The fraction of sp³-hybridized carbons (Fsp3) is 0.267. The van der Waals surface area contributed by atoms with Crippen molar-refractivity contribution in [3.8, 4) is 11.5 Å². The van der Waals surface area contributed by atoms with Crippen molar-refractivity contribution < 1.29 is 25.6 Å². The number of benzene rings is 3. The molecule has 0 spiro atoms. The Bertz CT molecular complexity index is 1390. The summed E-state index contributed by atoms with van der Waals surface area (Å²) in [5, 5.41) is 13.7. The number of aliphatic hydroxyl groups excluding tert-OH is 1. The average molecular weight is 518 g/mol. The summed E-state index contributed by atoms with van der Waals surface area (Å²) >= 11 is 0. The van der Waals surface area contributed by atoms with Gasteiger partial charge < -0.3 is 29.8 Å². The first-order chi connectivity index (χ1) is 18.5. The van der Waals surface area contributed by atoms with Crippen LogP contribution >= 0.6 is 0 Å². The molecule has 1 aromatic heterocycles. The number of amides is 2. The Hall–Kier alpha value is -4.30. The highest BCUT2D eigenvalue weighted by molar-refractivity contribution is 5.83. The topological polar surface area (TPSA) is 104 Å². The van der Waals surface area contributed by atoms with E-state index < -0.39 is 0 Å². The number of ether oxygens (including phenoxy) is 2. The normalized spacial score (nSPS) is 11.7. The fourth-order valence-electron chi connectivity index (χ4n) is 4.52. The number of carbonyl (C=O) groups excluding carboxylic acids is 2. The molecule has 0 bridgehead atoms. The highest BCUT2D eigenvalue weighted by Gasteiger charge is 2.22. The molecule has 0 radical (unpaired) electrons. The first kappa shape index (κ1) is 26.8. The molecule has 0 aliphatic heterocycles. The summed E-state index contributed by atoms with van der Waals surface area (Å²) in [7, 11) is 1.60. The van der Waals surface area contributed by atoms with Crippen LogP contribution in [-0.4, -0.2) is 53.1 Å². The molecule has 0 aliphatic rings. The third-order valence-corrected chi connectivity index (χ3v) is 6.45. The van der Waals surface area contributed by atoms with Crippen LogP contribution in [0.5, 0.6) is 11.5 Å². The molecule has 3 aromatic carbocycles. The van der Waals surface area contributed by atoms with E-state index in [1.807, 2.05) is 54.7 Å². The van der Waals surface area contributed by atoms with Crippen molar-refractivity contribution in [2.45, 2.75) is 32.5 Å². The minimum Gasteiger partial charge on any atom is -0.496 e. The molecule has 38 heavy (non-hydrogen) atoms. The summed E-state index contributed by atoms with van der Waals surface area (Å²) < 4.78 is 11.2. The van der Waals surface area contributed by atoms with E-state index in [1.54, 1.807) is 36.3 Å². The van der Waals surface area contributed by atoms with Gasteiger partial charge in [-0.1, -0.05) is 54.6 Å². The van der Waals surface area contributed by atoms with Crippen LogP contribution in [0.25, 0.3) is 10.9 Å². The van der Waals surface area contributed by atoms with E-state index in [4.69, 9.17) is 9.47 Å². The van der Waals surface area contributed by atoms with Gasteiger partial charge in [-0.15, -0.1) is 0 Å². The third-order valence-electron chi connectivity index (χ3n) is 6.45. The zero-order valence-corrected chi connectivity index (χ0v) is 21.6. The lowest BCUT2D eigenvalue weighted by Crippen LogP contribution is -2.47. The van der Waals surface area contributed by atoms with E-state index in [0.717, 1.165) is 22.0 Å². The lowest BCUT2D eigenvalue weighted by molar-refractivity contribution is -0.131. The fourth-order valence-corrected chi connectivity index (χ4v) is 4.52. The number of aromatic amines is 1. The average Bonchev–Trinajstić information content (AvgIpc) is 3.34. The van der Waals surface area contributed by atoms with Gasteiger partial charge in [-0.25, -0.2) is 0 Å². The van der Waals surface area contributed by atoms with Crippen LogP contribution < -0.4 is 14.8 Å². The van der Waals surface area contributed by atoms with Gasteiger partial charge in [-0.3, -0.25) is 9.59 Å². The molecule has 0 saturated carbocycles. The van der Waals surface area contributed by atoms with Crippen molar-refractivity contribution >= 4 is 22.7 Å². The second kappa shape index (κ2) is 12.8. The zero-order chi connectivity index (χ0) is 26.9. The van der Waals surface area contributed by atoms with E-state index in [2.05, 4.69) is 10.3 Å². The molecule has 1 heterocycles. The van der Waals surface area contributed by atoms with E-state index in [0.29, 0.717) is 36.6 Å². The van der Waals surface area contributed by atoms with Crippen LogP contribution in [-0.2, 0) is 29.2 Å². The maximum absolute atomic E-state index is 13.0. The Morgan fingerprint density at radius 1 is 0.974 bits per heavy atom. The van der Waals surface area contributed by atoms with Crippen LogP contribution in [0.15, 0.2) is 79.0 Å². The number of nitrogens with one attached hydrogen (secondary N) is 2. The van der Waals surface area contributed by atoms with Gasteiger partial charge in [0.1, 0.15) is 11.5 Å². The molecule has 3 N–H and O–H groups in total. The van der Waals surface area contributed by atoms with E-state index in [1.165, 1.54) is 6.92 Å². The Labute approximate surface area is 223 Å². The minimum absolute atomic E-state index is 0. The van der Waals surface area contributed by atoms with Crippen molar-refractivity contribution in [3.05, 3.63) is 95.7 Å². The van der Waals surface area contributed by atoms with Crippen LogP contribution in [0.2, 0.25) is 0 Å². The SMILES string of the molecule is COc1ccccc1CN(CC(Cc1c[nH]c2ccccc12)NC(=O)COc1ccccc1CO)C(C)=O.[HH]. The predicted molar refractivity (Wildman–Crippen MR) is 148 cm³/mol. The summed E-state index contributed by atoms with van der Waals surface area (Å²) in [5.74, 6) is 0.734. The molecular formula is C30H35N3O5. The Morgan fingerprint density at radius 2 is 1.66 bits per heavy atom. The standard InChI is InChI=1S/C30H33N3O5.H2/c1-21(35)33(17-22-9-3-7-13-28(22)37-2)18-25(15-24-16-31-27-12-6-5-11-26(24)27)32-30(36)20-38-29-14-8-4-10-23(29)19-34;/h3-14,16,25,31,34H,15,17-20H2,1-2H3,(H,32,36);1H. The minimum atomic E-state index is -0.378. The molecule has 1 unspecified atom stereocenters. The zero-order valence-electron chi connectivity index (χ0n) is 21.6. The van der Waals surface area contributed by atoms with Crippen LogP contribution in [0.4, 0.5) is 0 Å². The number of aliphatic hydroxyl groups is 1. The largest absolute Gasteiger partial charge is 0.496 e. The summed E-state index contributed by atoms with van der Waals surface area (Å²) in [6.45, 7) is 1.77. The smallest absolute Gasteiger partial charge is 0.258 e. The van der Waals surface area contributed by atoms with Gasteiger partial charge in [-0.05, 0) is 30.2 Å². The second-order valence-electron chi connectivity index (χ2n) is 9.09. The molecule has 8 nitrogen and oxygen atoms in total. The number of hydrogen-bond acceptors (Lipinski definition) is 5. The van der Waals surface area contributed by atoms with Gasteiger partial charge >= 0.3 is 0 Å². The Morgan fingerprint density at radius 3 is 2.39 bits per heavy atom. The van der Waals surface area contributed by atoms with Crippen molar-refractivity contribution in [3.63, 3.8) is 0 Å². The molecule has 0 aliphatic carbocycles. The number of H-pyrrole nitrogens is 1. The number of aromatic nitrogens is 1. The Balaban J connectivity index is 0.00000420.